The Balaban J connectivity index is 2.13. The lowest BCUT2D eigenvalue weighted by molar-refractivity contribution is 0.176. The molecule has 19 heavy (non-hydrogen) atoms. The zero-order valence-corrected chi connectivity index (χ0v) is 12.2. The number of pyridine rings is 1. The van der Waals surface area contributed by atoms with Crippen molar-refractivity contribution in [1.29, 1.82) is 0 Å². The summed E-state index contributed by atoms with van der Waals surface area (Å²) in [6, 6.07) is 8.32. The number of halogens is 2. The van der Waals surface area contributed by atoms with Crippen LogP contribution in [0.15, 0.2) is 41.0 Å². The average Bonchev–Trinajstić information content (AvgIpc) is 2.38. The highest BCUT2D eigenvalue weighted by atomic mass is 79.9. The number of aromatic nitrogens is 1. The molecule has 0 aliphatic heterocycles. The van der Waals surface area contributed by atoms with Crippen molar-refractivity contribution in [1.82, 2.24) is 4.98 Å². The Morgan fingerprint density at radius 2 is 2.11 bits per heavy atom. The number of aryl methyl sites for hydroxylation is 1. The first kappa shape index (κ1) is 14.2. The third-order valence-electron chi connectivity index (χ3n) is 2.97. The van der Waals surface area contributed by atoms with Crippen LogP contribution in [-0.2, 0) is 12.8 Å². The molecule has 0 saturated carbocycles. The van der Waals surface area contributed by atoms with Crippen molar-refractivity contribution in [2.24, 2.45) is 0 Å². The number of aliphatic hydroxyl groups is 1. The Hall–Kier alpha value is -1.26. The molecule has 0 bridgehead atoms. The molecule has 100 valence electrons. The Labute approximate surface area is 120 Å². The fourth-order valence-corrected chi connectivity index (χ4v) is 2.35. The number of nitrogens with zero attached hydrogens (tertiary/aromatic N) is 1. The number of hydrogen-bond acceptors (Lipinski definition) is 2. The summed E-state index contributed by atoms with van der Waals surface area (Å²) in [4.78, 5) is 4.29. The maximum absolute atomic E-state index is 13.3. The Bertz CT molecular complexity index is 536. The lowest BCUT2D eigenvalue weighted by atomic mass is 10.0. The molecular formula is C15H15BrFNO. The molecule has 1 aromatic carbocycles. The van der Waals surface area contributed by atoms with Gasteiger partial charge in [0.2, 0.25) is 0 Å². The summed E-state index contributed by atoms with van der Waals surface area (Å²) in [5, 5.41) is 10.1. The minimum atomic E-state index is -0.757. The van der Waals surface area contributed by atoms with E-state index in [1.54, 1.807) is 6.07 Å². The summed E-state index contributed by atoms with van der Waals surface area (Å²) in [7, 11) is 0. The molecule has 0 saturated heterocycles. The molecule has 0 amide bonds. The fraction of sp³-hybridized carbons (Fsp3) is 0.267. The molecule has 4 heteroatoms. The van der Waals surface area contributed by atoms with Gasteiger partial charge >= 0.3 is 0 Å². The van der Waals surface area contributed by atoms with Gasteiger partial charge in [-0.05, 0) is 41.8 Å². The topological polar surface area (TPSA) is 33.1 Å². The van der Waals surface area contributed by atoms with Crippen molar-refractivity contribution in [3.63, 3.8) is 0 Å². The van der Waals surface area contributed by atoms with Crippen molar-refractivity contribution in [2.45, 2.75) is 25.9 Å². The van der Waals surface area contributed by atoms with Crippen molar-refractivity contribution in [3.8, 4) is 0 Å². The molecule has 2 nitrogen and oxygen atoms in total. The van der Waals surface area contributed by atoms with Crippen molar-refractivity contribution >= 4 is 15.9 Å². The van der Waals surface area contributed by atoms with Gasteiger partial charge in [0.25, 0.3) is 0 Å². The van der Waals surface area contributed by atoms with Gasteiger partial charge in [0.1, 0.15) is 5.82 Å². The van der Waals surface area contributed by atoms with Crippen LogP contribution in [0.25, 0.3) is 0 Å². The fourth-order valence-electron chi connectivity index (χ4n) is 1.87. The summed E-state index contributed by atoms with van der Waals surface area (Å²) in [6.45, 7) is 2.07. The van der Waals surface area contributed by atoms with Gasteiger partial charge in [0.05, 0.1) is 6.10 Å². The van der Waals surface area contributed by atoms with Gasteiger partial charge in [0, 0.05) is 22.8 Å². The third kappa shape index (κ3) is 3.85. The van der Waals surface area contributed by atoms with E-state index < -0.39 is 6.10 Å². The Morgan fingerprint density at radius 1 is 1.32 bits per heavy atom. The highest BCUT2D eigenvalue weighted by Gasteiger charge is 2.11. The number of rotatable bonds is 4. The average molecular weight is 324 g/mol. The van der Waals surface area contributed by atoms with Crippen LogP contribution < -0.4 is 0 Å². The first-order valence-electron chi connectivity index (χ1n) is 6.16. The van der Waals surface area contributed by atoms with Gasteiger partial charge in [0.15, 0.2) is 0 Å². The Morgan fingerprint density at radius 3 is 2.68 bits per heavy atom. The van der Waals surface area contributed by atoms with E-state index in [1.165, 1.54) is 12.1 Å². The van der Waals surface area contributed by atoms with Crippen molar-refractivity contribution in [3.05, 3.63) is 63.6 Å². The van der Waals surface area contributed by atoms with E-state index in [4.69, 9.17) is 0 Å². The minimum absolute atomic E-state index is 0.363. The predicted octanol–water partition coefficient (Wildman–Crippen LogP) is 3.82. The maximum atomic E-state index is 13.3. The van der Waals surface area contributed by atoms with E-state index >= 15 is 0 Å². The second kappa shape index (κ2) is 6.26. The number of hydrogen-bond donors (Lipinski definition) is 1. The molecular weight excluding hydrogens is 309 g/mol. The van der Waals surface area contributed by atoms with Crippen LogP contribution >= 0.6 is 15.9 Å². The molecule has 1 atom stereocenters. The normalized spacial score (nSPS) is 12.4. The molecule has 0 radical (unpaired) electrons. The van der Waals surface area contributed by atoms with Crippen molar-refractivity contribution < 1.29 is 9.50 Å². The molecule has 1 heterocycles. The molecule has 2 aromatic rings. The van der Waals surface area contributed by atoms with Gasteiger partial charge in [-0.2, -0.15) is 0 Å². The molecule has 1 N–H and O–H groups in total. The molecule has 0 aliphatic rings. The molecule has 0 aliphatic carbocycles. The van der Waals surface area contributed by atoms with Gasteiger partial charge in [-0.15, -0.1) is 0 Å². The summed E-state index contributed by atoms with van der Waals surface area (Å²) < 4.78 is 13.9. The molecule has 2 rings (SSSR count). The Kier molecular flexibility index (Phi) is 4.66. The van der Waals surface area contributed by atoms with E-state index in [0.717, 1.165) is 17.7 Å². The molecule has 0 spiro atoms. The smallest absolute Gasteiger partial charge is 0.124 e. The van der Waals surface area contributed by atoms with E-state index in [9.17, 15) is 9.50 Å². The van der Waals surface area contributed by atoms with E-state index in [1.807, 2.05) is 18.3 Å². The van der Waals surface area contributed by atoms with Crippen LogP contribution in [-0.4, -0.2) is 10.1 Å². The molecule has 0 fully saturated rings. The highest BCUT2D eigenvalue weighted by molar-refractivity contribution is 9.10. The van der Waals surface area contributed by atoms with Crippen LogP contribution in [0.4, 0.5) is 4.39 Å². The SMILES string of the molecule is CCc1ccc(CC(O)c2cc(F)cc(Br)c2)nc1. The van der Waals surface area contributed by atoms with Crippen LogP contribution in [0.2, 0.25) is 0 Å². The van der Waals surface area contributed by atoms with Crippen molar-refractivity contribution in [2.75, 3.05) is 0 Å². The number of benzene rings is 1. The van der Waals surface area contributed by atoms with Crippen LogP contribution in [0.5, 0.6) is 0 Å². The summed E-state index contributed by atoms with van der Waals surface area (Å²) in [5.74, 6) is -0.363. The first-order chi connectivity index (χ1) is 9.08. The lowest BCUT2D eigenvalue weighted by Crippen LogP contribution is -2.04. The monoisotopic (exact) mass is 323 g/mol. The highest BCUT2D eigenvalue weighted by Crippen LogP contribution is 2.22. The van der Waals surface area contributed by atoms with Crippen LogP contribution in [0.3, 0.4) is 0 Å². The van der Waals surface area contributed by atoms with E-state index in [0.29, 0.717) is 16.5 Å². The molecule has 1 aromatic heterocycles. The lowest BCUT2D eigenvalue weighted by Gasteiger charge is -2.11. The van der Waals surface area contributed by atoms with E-state index in [-0.39, 0.29) is 5.82 Å². The minimum Gasteiger partial charge on any atom is -0.388 e. The largest absolute Gasteiger partial charge is 0.388 e. The van der Waals surface area contributed by atoms with Crippen LogP contribution in [0.1, 0.15) is 29.8 Å². The second-order valence-electron chi connectivity index (χ2n) is 4.43. The summed E-state index contributed by atoms with van der Waals surface area (Å²) >= 11 is 3.22. The van der Waals surface area contributed by atoms with Gasteiger partial charge in [-0.25, -0.2) is 4.39 Å². The quantitative estimate of drug-likeness (QED) is 0.927. The van der Waals surface area contributed by atoms with Gasteiger partial charge in [-0.3, -0.25) is 4.98 Å². The third-order valence-corrected chi connectivity index (χ3v) is 3.42. The van der Waals surface area contributed by atoms with Crippen LogP contribution in [0, 0.1) is 5.82 Å². The summed E-state index contributed by atoms with van der Waals surface area (Å²) in [6.07, 6.45) is 2.36. The second-order valence-corrected chi connectivity index (χ2v) is 5.35. The molecule has 1 unspecified atom stereocenters. The first-order valence-corrected chi connectivity index (χ1v) is 6.95. The summed E-state index contributed by atoms with van der Waals surface area (Å²) in [5.41, 5.74) is 2.50. The standard InChI is InChI=1S/C15H15BrFNO/c1-2-10-3-4-14(18-9-10)8-15(19)11-5-12(16)7-13(17)6-11/h3-7,9,15,19H,2,8H2,1H3. The predicted molar refractivity (Wildman–Crippen MR) is 76.4 cm³/mol. The maximum Gasteiger partial charge on any atom is 0.124 e. The zero-order chi connectivity index (χ0) is 13.8. The zero-order valence-electron chi connectivity index (χ0n) is 10.6. The van der Waals surface area contributed by atoms with Gasteiger partial charge in [-0.1, -0.05) is 28.9 Å². The van der Waals surface area contributed by atoms with E-state index in [2.05, 4.69) is 27.8 Å². The van der Waals surface area contributed by atoms with Gasteiger partial charge < -0.3 is 5.11 Å². The number of aliphatic hydroxyl groups excluding tert-OH is 1.